The van der Waals surface area contributed by atoms with Crippen LogP contribution in [0.4, 0.5) is 4.39 Å². The summed E-state index contributed by atoms with van der Waals surface area (Å²) < 4.78 is 12.9. The average Bonchev–Trinajstić information content (AvgIpc) is 2.44. The topological polar surface area (TPSA) is 12.0 Å². The van der Waals surface area contributed by atoms with Gasteiger partial charge in [0.1, 0.15) is 5.82 Å². The van der Waals surface area contributed by atoms with Crippen LogP contribution in [0.1, 0.15) is 48.4 Å². The van der Waals surface area contributed by atoms with Gasteiger partial charge in [0.2, 0.25) is 0 Å². The highest BCUT2D eigenvalue weighted by Crippen LogP contribution is 2.39. The number of nitrogens with one attached hydrogen (secondary N) is 1. The van der Waals surface area contributed by atoms with Gasteiger partial charge in [-0.3, -0.25) is 0 Å². The van der Waals surface area contributed by atoms with E-state index < -0.39 is 0 Å². The molecule has 0 spiro atoms. The molecule has 1 atom stereocenters. The molecule has 0 amide bonds. The molecule has 3 rings (SSSR count). The molecule has 0 unspecified atom stereocenters. The van der Waals surface area contributed by atoms with E-state index in [1.165, 1.54) is 36.1 Å². The Morgan fingerprint density at radius 2 is 1.71 bits per heavy atom. The Bertz CT molecular complexity index is 599. The highest BCUT2D eigenvalue weighted by Gasteiger charge is 2.31. The van der Waals surface area contributed by atoms with E-state index in [1.54, 1.807) is 0 Å². The van der Waals surface area contributed by atoms with Crippen molar-refractivity contribution in [3.8, 4) is 0 Å². The van der Waals surface area contributed by atoms with Gasteiger partial charge in [-0.2, -0.15) is 0 Å². The minimum absolute atomic E-state index is 0.172. The van der Waals surface area contributed by atoms with Gasteiger partial charge in [-0.05, 0) is 61.4 Å². The van der Waals surface area contributed by atoms with Crippen LogP contribution in [0.5, 0.6) is 0 Å². The molecule has 0 radical (unpaired) electrons. The number of halogens is 1. The first-order valence-electron chi connectivity index (χ1n) is 7.70. The fourth-order valence-corrected chi connectivity index (χ4v) is 3.25. The summed E-state index contributed by atoms with van der Waals surface area (Å²) in [5, 5.41) is 3.65. The molecule has 0 heterocycles. The van der Waals surface area contributed by atoms with Crippen LogP contribution in [-0.4, -0.2) is 6.04 Å². The van der Waals surface area contributed by atoms with Crippen molar-refractivity contribution >= 4 is 0 Å². The lowest BCUT2D eigenvalue weighted by Crippen LogP contribution is -2.41. The van der Waals surface area contributed by atoms with Gasteiger partial charge in [0.25, 0.3) is 0 Å². The minimum Gasteiger partial charge on any atom is -0.307 e. The van der Waals surface area contributed by atoms with Gasteiger partial charge in [0, 0.05) is 12.1 Å². The zero-order valence-corrected chi connectivity index (χ0v) is 12.6. The fourth-order valence-electron chi connectivity index (χ4n) is 3.25. The molecule has 1 fully saturated rings. The second-order valence-corrected chi connectivity index (χ2v) is 6.16. The normalized spacial score (nSPS) is 22.6. The minimum atomic E-state index is -0.172. The monoisotopic (exact) mass is 283 g/mol. The number of hydrogen-bond donors (Lipinski definition) is 1. The van der Waals surface area contributed by atoms with Gasteiger partial charge in [0.05, 0.1) is 0 Å². The molecular weight excluding hydrogens is 261 g/mol. The number of aryl methyl sites for hydroxylation is 1. The van der Waals surface area contributed by atoms with E-state index in [4.69, 9.17) is 0 Å². The highest BCUT2D eigenvalue weighted by molar-refractivity contribution is 5.31. The van der Waals surface area contributed by atoms with E-state index in [9.17, 15) is 4.39 Å². The molecule has 21 heavy (non-hydrogen) atoms. The Kier molecular flexibility index (Phi) is 4.07. The van der Waals surface area contributed by atoms with Crippen LogP contribution in [0, 0.1) is 12.7 Å². The van der Waals surface area contributed by atoms with E-state index in [-0.39, 0.29) is 11.9 Å². The predicted octanol–water partition coefficient (Wildman–Crippen LogP) is 4.73. The van der Waals surface area contributed by atoms with Crippen molar-refractivity contribution in [3.63, 3.8) is 0 Å². The molecule has 1 aliphatic carbocycles. The molecule has 1 saturated carbocycles. The molecule has 1 nitrogen and oxygen atoms in total. The van der Waals surface area contributed by atoms with Gasteiger partial charge in [-0.25, -0.2) is 4.39 Å². The van der Waals surface area contributed by atoms with E-state index in [1.807, 2.05) is 12.1 Å². The van der Waals surface area contributed by atoms with Crippen LogP contribution in [0.15, 0.2) is 48.5 Å². The Morgan fingerprint density at radius 3 is 2.38 bits per heavy atom. The summed E-state index contributed by atoms with van der Waals surface area (Å²) >= 11 is 0. The van der Waals surface area contributed by atoms with Crippen LogP contribution in [0.2, 0.25) is 0 Å². The molecule has 1 aliphatic rings. The third-order valence-electron chi connectivity index (χ3n) is 4.62. The average molecular weight is 283 g/mol. The third kappa shape index (κ3) is 3.16. The van der Waals surface area contributed by atoms with Crippen LogP contribution >= 0.6 is 0 Å². The Hall–Kier alpha value is -1.67. The molecule has 0 aliphatic heterocycles. The Morgan fingerprint density at radius 1 is 1.05 bits per heavy atom. The van der Waals surface area contributed by atoms with Crippen molar-refractivity contribution in [2.45, 2.75) is 44.7 Å². The Balaban J connectivity index is 1.55. The van der Waals surface area contributed by atoms with Gasteiger partial charge in [-0.1, -0.05) is 36.4 Å². The van der Waals surface area contributed by atoms with Crippen LogP contribution in [0.3, 0.4) is 0 Å². The lowest BCUT2D eigenvalue weighted by molar-refractivity contribution is 0.270. The summed E-state index contributed by atoms with van der Waals surface area (Å²) in [5.74, 6) is 0.512. The molecule has 0 aromatic heterocycles. The SMILES string of the molecule is Cc1ccccc1C1CC(N[C@H](C)c2ccc(F)cc2)C1. The third-order valence-corrected chi connectivity index (χ3v) is 4.62. The van der Waals surface area contributed by atoms with Crippen molar-refractivity contribution in [1.29, 1.82) is 0 Å². The first-order valence-corrected chi connectivity index (χ1v) is 7.70. The quantitative estimate of drug-likeness (QED) is 0.855. The molecule has 0 bridgehead atoms. The van der Waals surface area contributed by atoms with Gasteiger partial charge >= 0.3 is 0 Å². The molecule has 110 valence electrons. The van der Waals surface area contributed by atoms with E-state index in [2.05, 4.69) is 43.4 Å². The fraction of sp³-hybridized carbons (Fsp3) is 0.368. The molecule has 2 aromatic rings. The lowest BCUT2D eigenvalue weighted by atomic mass is 9.74. The number of hydrogen-bond acceptors (Lipinski definition) is 1. The summed E-state index contributed by atoms with van der Waals surface area (Å²) in [4.78, 5) is 0. The molecule has 0 saturated heterocycles. The number of rotatable bonds is 4. The summed E-state index contributed by atoms with van der Waals surface area (Å²) in [7, 11) is 0. The largest absolute Gasteiger partial charge is 0.307 e. The molecule has 2 heteroatoms. The second-order valence-electron chi connectivity index (χ2n) is 6.16. The maximum Gasteiger partial charge on any atom is 0.123 e. The van der Waals surface area contributed by atoms with E-state index >= 15 is 0 Å². The lowest BCUT2D eigenvalue weighted by Gasteiger charge is -2.39. The smallest absolute Gasteiger partial charge is 0.123 e. The van der Waals surface area contributed by atoms with Gasteiger partial charge in [-0.15, -0.1) is 0 Å². The molecular formula is C19H22FN. The van der Waals surface area contributed by atoms with Crippen LogP contribution < -0.4 is 5.32 Å². The zero-order chi connectivity index (χ0) is 14.8. The Labute approximate surface area is 126 Å². The van der Waals surface area contributed by atoms with Crippen LogP contribution in [-0.2, 0) is 0 Å². The van der Waals surface area contributed by atoms with Crippen molar-refractivity contribution in [1.82, 2.24) is 5.32 Å². The number of benzene rings is 2. The maximum atomic E-state index is 12.9. The van der Waals surface area contributed by atoms with Crippen molar-refractivity contribution in [2.75, 3.05) is 0 Å². The molecule has 1 N–H and O–H groups in total. The zero-order valence-electron chi connectivity index (χ0n) is 12.6. The van der Waals surface area contributed by atoms with E-state index in [0.717, 1.165) is 5.56 Å². The van der Waals surface area contributed by atoms with E-state index in [0.29, 0.717) is 12.0 Å². The van der Waals surface area contributed by atoms with Gasteiger partial charge < -0.3 is 5.32 Å². The van der Waals surface area contributed by atoms with Crippen molar-refractivity contribution in [3.05, 3.63) is 71.0 Å². The summed E-state index contributed by atoms with van der Waals surface area (Å²) in [6.45, 7) is 4.34. The summed E-state index contributed by atoms with van der Waals surface area (Å²) in [5.41, 5.74) is 4.04. The first kappa shape index (κ1) is 14.3. The second kappa shape index (κ2) is 5.98. The standard InChI is InChI=1S/C19H22FN/c1-13-5-3-4-6-19(13)16-11-18(12-16)21-14(2)15-7-9-17(20)10-8-15/h3-10,14,16,18,21H,11-12H2,1-2H3/t14-,16?,18?/m1/s1. The highest BCUT2D eigenvalue weighted by atomic mass is 19.1. The van der Waals surface area contributed by atoms with Crippen molar-refractivity contribution in [2.24, 2.45) is 0 Å². The summed E-state index contributed by atoms with van der Waals surface area (Å²) in [6, 6.07) is 16.3. The first-order chi connectivity index (χ1) is 10.1. The predicted molar refractivity (Wildman–Crippen MR) is 84.9 cm³/mol. The van der Waals surface area contributed by atoms with Gasteiger partial charge in [0.15, 0.2) is 0 Å². The molecule has 2 aromatic carbocycles. The van der Waals surface area contributed by atoms with Crippen LogP contribution in [0.25, 0.3) is 0 Å². The summed E-state index contributed by atoms with van der Waals surface area (Å²) in [6.07, 6.45) is 2.38. The maximum absolute atomic E-state index is 12.9. The van der Waals surface area contributed by atoms with Crippen molar-refractivity contribution < 1.29 is 4.39 Å².